The summed E-state index contributed by atoms with van der Waals surface area (Å²) >= 11 is 0. The van der Waals surface area contributed by atoms with Crippen molar-refractivity contribution in [3.8, 4) is 5.75 Å². The minimum Gasteiger partial charge on any atom is -0.489 e. The molecular weight excluding hydrogens is 448 g/mol. The Hall–Kier alpha value is -2.59. The van der Waals surface area contributed by atoms with Crippen molar-refractivity contribution in [2.75, 3.05) is 6.61 Å². The van der Waals surface area contributed by atoms with Gasteiger partial charge in [0.1, 0.15) is 18.5 Å². The van der Waals surface area contributed by atoms with Crippen LogP contribution in [0.5, 0.6) is 5.75 Å². The summed E-state index contributed by atoms with van der Waals surface area (Å²) in [4.78, 5) is 11.6. The molecule has 36 heavy (non-hydrogen) atoms. The number of benzene rings is 2. The molecule has 2 aromatic rings. The lowest BCUT2D eigenvalue weighted by Gasteiger charge is -2.34. The molecule has 196 valence electrons. The van der Waals surface area contributed by atoms with Gasteiger partial charge in [0.05, 0.1) is 5.60 Å². The van der Waals surface area contributed by atoms with E-state index in [0.29, 0.717) is 25.9 Å². The minimum absolute atomic E-state index is 0.0945. The monoisotopic (exact) mass is 492 g/mol. The van der Waals surface area contributed by atoms with Crippen molar-refractivity contribution in [3.63, 3.8) is 0 Å². The second-order valence-electron chi connectivity index (χ2n) is 10.3. The van der Waals surface area contributed by atoms with E-state index < -0.39 is 5.60 Å². The minimum atomic E-state index is -0.748. The molecule has 4 heteroatoms. The Morgan fingerprint density at radius 1 is 0.972 bits per heavy atom. The third-order valence-corrected chi connectivity index (χ3v) is 8.18. The van der Waals surface area contributed by atoms with Gasteiger partial charge in [-0.15, -0.1) is 0 Å². The standard InChI is InChI=1S/C32H44O4/c1-7-31(34,8-2)19-18-25-14-15-26(20-23(25)5)32(9-3,10-4)27-16-17-29(24(6)21-27)35-22-28-12-11-13-30(33)36-28/h14-21,28,34H,7-13,22H2,1-6H3/b19-18+/t28-/m1/s1. The molecule has 1 aliphatic heterocycles. The fourth-order valence-corrected chi connectivity index (χ4v) is 5.31. The van der Waals surface area contributed by atoms with E-state index in [9.17, 15) is 9.90 Å². The molecule has 3 rings (SSSR count). The molecule has 1 aliphatic rings. The van der Waals surface area contributed by atoms with Crippen LogP contribution in [0.3, 0.4) is 0 Å². The van der Waals surface area contributed by atoms with Crippen LogP contribution in [0.15, 0.2) is 42.5 Å². The number of esters is 1. The van der Waals surface area contributed by atoms with Crippen molar-refractivity contribution in [1.82, 2.24) is 0 Å². The Balaban J connectivity index is 1.84. The third-order valence-electron chi connectivity index (χ3n) is 8.18. The van der Waals surface area contributed by atoms with E-state index in [1.54, 1.807) is 0 Å². The fraction of sp³-hybridized carbons (Fsp3) is 0.531. The molecule has 0 spiro atoms. The number of aliphatic hydroxyl groups is 1. The number of hydrogen-bond donors (Lipinski definition) is 1. The molecule has 1 saturated heterocycles. The maximum absolute atomic E-state index is 11.6. The molecule has 0 amide bonds. The highest BCUT2D eigenvalue weighted by atomic mass is 16.6. The van der Waals surface area contributed by atoms with Crippen molar-refractivity contribution >= 4 is 12.0 Å². The summed E-state index contributed by atoms with van der Waals surface area (Å²) in [6.07, 6.45) is 9.47. The number of carbonyl (C=O) groups is 1. The molecule has 1 fully saturated rings. The lowest BCUT2D eigenvalue weighted by Crippen LogP contribution is -2.29. The van der Waals surface area contributed by atoms with Crippen molar-refractivity contribution < 1.29 is 19.4 Å². The average molecular weight is 493 g/mol. The first-order valence-electron chi connectivity index (χ1n) is 13.7. The molecule has 0 aliphatic carbocycles. The van der Waals surface area contributed by atoms with Crippen LogP contribution in [0.2, 0.25) is 0 Å². The van der Waals surface area contributed by atoms with Crippen LogP contribution < -0.4 is 4.74 Å². The summed E-state index contributed by atoms with van der Waals surface area (Å²) in [6, 6.07) is 13.2. The zero-order valence-corrected chi connectivity index (χ0v) is 23.0. The molecule has 1 N–H and O–H groups in total. The second-order valence-corrected chi connectivity index (χ2v) is 10.3. The lowest BCUT2D eigenvalue weighted by atomic mass is 9.70. The van der Waals surface area contributed by atoms with Gasteiger partial charge in [-0.3, -0.25) is 4.79 Å². The van der Waals surface area contributed by atoms with E-state index in [4.69, 9.17) is 9.47 Å². The fourth-order valence-electron chi connectivity index (χ4n) is 5.31. The Morgan fingerprint density at radius 3 is 2.17 bits per heavy atom. The van der Waals surface area contributed by atoms with Crippen LogP contribution in [-0.2, 0) is 14.9 Å². The SMILES string of the molecule is CCC(O)(/C=C/c1ccc(C(CC)(CC)c2ccc(OC[C@H]3CCCC(=O)O3)c(C)c2)cc1C)CC. The van der Waals surface area contributed by atoms with Crippen molar-refractivity contribution in [2.45, 2.75) is 104 Å². The van der Waals surface area contributed by atoms with Gasteiger partial charge >= 0.3 is 5.97 Å². The molecule has 2 aromatic carbocycles. The van der Waals surface area contributed by atoms with Crippen LogP contribution in [0.1, 0.15) is 100 Å². The maximum Gasteiger partial charge on any atom is 0.306 e. The lowest BCUT2D eigenvalue weighted by molar-refractivity contribution is -0.155. The number of aryl methyl sites for hydroxylation is 2. The smallest absolute Gasteiger partial charge is 0.306 e. The summed E-state index contributed by atoms with van der Waals surface area (Å²) < 4.78 is 11.5. The first-order valence-corrected chi connectivity index (χ1v) is 13.7. The van der Waals surface area contributed by atoms with Crippen molar-refractivity contribution in [2.24, 2.45) is 0 Å². The van der Waals surface area contributed by atoms with Crippen LogP contribution >= 0.6 is 0 Å². The van der Waals surface area contributed by atoms with Gasteiger partial charge in [0, 0.05) is 11.8 Å². The zero-order valence-electron chi connectivity index (χ0n) is 23.0. The normalized spacial score (nSPS) is 16.9. The largest absolute Gasteiger partial charge is 0.489 e. The topological polar surface area (TPSA) is 55.8 Å². The number of cyclic esters (lactones) is 1. The van der Waals surface area contributed by atoms with Gasteiger partial charge in [0.25, 0.3) is 0 Å². The molecular formula is C32H44O4. The predicted octanol–water partition coefficient (Wildman–Crippen LogP) is 7.45. The van der Waals surface area contributed by atoms with Crippen LogP contribution in [0, 0.1) is 13.8 Å². The Kier molecular flexibility index (Phi) is 9.41. The Morgan fingerprint density at radius 2 is 1.61 bits per heavy atom. The highest BCUT2D eigenvalue weighted by Gasteiger charge is 2.31. The van der Waals surface area contributed by atoms with E-state index in [0.717, 1.165) is 42.6 Å². The third kappa shape index (κ3) is 6.21. The quantitative estimate of drug-likeness (QED) is 0.331. The average Bonchev–Trinajstić information content (AvgIpc) is 2.88. The first-order chi connectivity index (χ1) is 17.2. The number of carbonyl (C=O) groups excluding carboxylic acids is 1. The Bertz CT molecular complexity index is 1060. The summed E-state index contributed by atoms with van der Waals surface area (Å²) in [5.74, 6) is 0.721. The van der Waals surface area contributed by atoms with Crippen molar-refractivity contribution in [1.29, 1.82) is 0 Å². The number of ether oxygens (including phenoxy) is 2. The van der Waals surface area contributed by atoms with E-state index in [1.807, 2.05) is 19.9 Å². The second kappa shape index (κ2) is 12.1. The molecule has 0 aromatic heterocycles. The van der Waals surface area contributed by atoms with Gasteiger partial charge in [-0.25, -0.2) is 0 Å². The van der Waals surface area contributed by atoms with E-state index in [2.05, 4.69) is 70.2 Å². The van der Waals surface area contributed by atoms with E-state index in [-0.39, 0.29) is 17.5 Å². The number of hydrogen-bond acceptors (Lipinski definition) is 4. The molecule has 0 saturated carbocycles. The first kappa shape index (κ1) is 28.0. The van der Waals surface area contributed by atoms with Gasteiger partial charge < -0.3 is 14.6 Å². The van der Waals surface area contributed by atoms with Crippen LogP contribution in [0.25, 0.3) is 6.08 Å². The molecule has 1 heterocycles. The summed E-state index contributed by atoms with van der Waals surface area (Å²) in [5, 5.41) is 10.6. The highest BCUT2D eigenvalue weighted by Crippen LogP contribution is 2.41. The van der Waals surface area contributed by atoms with Gasteiger partial charge in [-0.2, -0.15) is 0 Å². The van der Waals surface area contributed by atoms with Crippen LogP contribution in [0.4, 0.5) is 0 Å². The zero-order chi connectivity index (χ0) is 26.3. The molecule has 0 bridgehead atoms. The molecule has 1 atom stereocenters. The predicted molar refractivity (Wildman–Crippen MR) is 148 cm³/mol. The van der Waals surface area contributed by atoms with E-state index >= 15 is 0 Å². The van der Waals surface area contributed by atoms with Crippen molar-refractivity contribution in [3.05, 3.63) is 70.3 Å². The molecule has 0 unspecified atom stereocenters. The Labute approximate surface area is 217 Å². The summed E-state index contributed by atoms with van der Waals surface area (Å²) in [7, 11) is 0. The molecule has 4 nitrogen and oxygen atoms in total. The van der Waals surface area contributed by atoms with E-state index in [1.165, 1.54) is 16.7 Å². The maximum atomic E-state index is 11.6. The summed E-state index contributed by atoms with van der Waals surface area (Å²) in [5.41, 5.74) is 5.20. The van der Waals surface area contributed by atoms with Crippen LogP contribution in [-0.4, -0.2) is 29.4 Å². The molecule has 0 radical (unpaired) electrons. The van der Waals surface area contributed by atoms with Gasteiger partial charge in [-0.1, -0.05) is 70.2 Å². The van der Waals surface area contributed by atoms with Gasteiger partial charge in [0.2, 0.25) is 0 Å². The van der Waals surface area contributed by atoms with Gasteiger partial charge in [0.15, 0.2) is 0 Å². The van der Waals surface area contributed by atoms with Gasteiger partial charge in [-0.05, 0) is 86.3 Å². The highest BCUT2D eigenvalue weighted by molar-refractivity contribution is 5.70. The summed E-state index contributed by atoms with van der Waals surface area (Å²) in [6.45, 7) is 13.2. The number of rotatable bonds is 11.